The SMILES string of the molecule is CC(=O)Nc1ccc(NS(=O)(=O)N(C)C)cc1. The quantitative estimate of drug-likeness (QED) is 0.839. The molecule has 1 aromatic rings. The summed E-state index contributed by atoms with van der Waals surface area (Å²) in [5.41, 5.74) is 1.05. The van der Waals surface area contributed by atoms with Gasteiger partial charge in [-0.15, -0.1) is 0 Å². The fourth-order valence-electron chi connectivity index (χ4n) is 1.07. The Hall–Kier alpha value is -1.60. The van der Waals surface area contributed by atoms with Gasteiger partial charge in [0.2, 0.25) is 5.91 Å². The van der Waals surface area contributed by atoms with Gasteiger partial charge in [0.15, 0.2) is 0 Å². The van der Waals surface area contributed by atoms with Crippen molar-refractivity contribution in [3.63, 3.8) is 0 Å². The normalized spacial score (nSPS) is 11.3. The Labute approximate surface area is 101 Å². The van der Waals surface area contributed by atoms with E-state index in [0.29, 0.717) is 11.4 Å². The Morgan fingerprint density at radius 3 is 2.00 bits per heavy atom. The molecule has 94 valence electrons. The predicted octanol–water partition coefficient (Wildman–Crippen LogP) is 0.863. The molecule has 0 atom stereocenters. The first-order chi connectivity index (χ1) is 7.81. The maximum Gasteiger partial charge on any atom is 0.301 e. The minimum atomic E-state index is -3.49. The van der Waals surface area contributed by atoms with E-state index in [9.17, 15) is 13.2 Å². The molecule has 0 saturated carbocycles. The van der Waals surface area contributed by atoms with Crippen LogP contribution in [0.5, 0.6) is 0 Å². The van der Waals surface area contributed by atoms with Crippen LogP contribution in [0.4, 0.5) is 11.4 Å². The number of hydrogen-bond donors (Lipinski definition) is 2. The lowest BCUT2D eigenvalue weighted by Crippen LogP contribution is -2.28. The third-order valence-corrected chi connectivity index (χ3v) is 3.39. The van der Waals surface area contributed by atoms with Gasteiger partial charge in [0.05, 0.1) is 0 Å². The number of hydrogen-bond acceptors (Lipinski definition) is 3. The summed E-state index contributed by atoms with van der Waals surface area (Å²) in [7, 11) is -0.614. The molecular formula is C10H15N3O3S. The average Bonchev–Trinajstić information content (AvgIpc) is 2.19. The van der Waals surface area contributed by atoms with Gasteiger partial charge < -0.3 is 5.32 Å². The van der Waals surface area contributed by atoms with E-state index in [-0.39, 0.29) is 5.91 Å². The highest BCUT2D eigenvalue weighted by Gasteiger charge is 2.12. The zero-order chi connectivity index (χ0) is 13.1. The van der Waals surface area contributed by atoms with Crippen LogP contribution in [0.3, 0.4) is 0 Å². The molecule has 6 nitrogen and oxygen atoms in total. The van der Waals surface area contributed by atoms with E-state index in [1.54, 1.807) is 24.3 Å². The largest absolute Gasteiger partial charge is 0.326 e. The van der Waals surface area contributed by atoms with Gasteiger partial charge >= 0.3 is 10.2 Å². The molecule has 1 rings (SSSR count). The van der Waals surface area contributed by atoms with Gasteiger partial charge in [-0.25, -0.2) is 0 Å². The summed E-state index contributed by atoms with van der Waals surface area (Å²) in [6, 6.07) is 6.39. The molecule has 0 bridgehead atoms. The third kappa shape index (κ3) is 4.04. The fraction of sp³-hybridized carbons (Fsp3) is 0.300. The summed E-state index contributed by atoms with van der Waals surface area (Å²) >= 11 is 0. The van der Waals surface area contributed by atoms with Crippen LogP contribution in [0.25, 0.3) is 0 Å². The van der Waals surface area contributed by atoms with Crippen molar-refractivity contribution in [2.75, 3.05) is 24.1 Å². The monoisotopic (exact) mass is 257 g/mol. The van der Waals surface area contributed by atoms with Gasteiger partial charge in [0.1, 0.15) is 0 Å². The average molecular weight is 257 g/mol. The zero-order valence-electron chi connectivity index (χ0n) is 9.89. The predicted molar refractivity (Wildman–Crippen MR) is 67.0 cm³/mol. The first kappa shape index (κ1) is 13.5. The summed E-state index contributed by atoms with van der Waals surface area (Å²) in [5.74, 6) is -0.174. The van der Waals surface area contributed by atoms with Crippen LogP contribution in [-0.4, -0.2) is 32.7 Å². The summed E-state index contributed by atoms with van der Waals surface area (Å²) in [4.78, 5) is 10.8. The molecule has 0 aliphatic carbocycles. The van der Waals surface area contributed by atoms with E-state index < -0.39 is 10.2 Å². The molecule has 0 aliphatic heterocycles. The van der Waals surface area contributed by atoms with Crippen LogP contribution in [0.2, 0.25) is 0 Å². The molecule has 0 unspecified atom stereocenters. The smallest absolute Gasteiger partial charge is 0.301 e. The Bertz CT molecular complexity index is 494. The fourth-order valence-corrected chi connectivity index (χ4v) is 1.68. The molecule has 1 aromatic carbocycles. The minimum Gasteiger partial charge on any atom is -0.326 e. The number of nitrogens with one attached hydrogen (secondary N) is 2. The highest BCUT2D eigenvalue weighted by Crippen LogP contribution is 2.15. The van der Waals surface area contributed by atoms with Crippen LogP contribution < -0.4 is 10.0 Å². The maximum atomic E-state index is 11.5. The van der Waals surface area contributed by atoms with Crippen molar-refractivity contribution in [3.8, 4) is 0 Å². The lowest BCUT2D eigenvalue weighted by Gasteiger charge is -2.13. The van der Waals surface area contributed by atoms with E-state index in [4.69, 9.17) is 0 Å². The molecular weight excluding hydrogens is 242 g/mol. The van der Waals surface area contributed by atoms with Crippen molar-refractivity contribution in [1.29, 1.82) is 0 Å². The van der Waals surface area contributed by atoms with E-state index in [1.807, 2.05) is 0 Å². The molecule has 0 radical (unpaired) electrons. The highest BCUT2D eigenvalue weighted by molar-refractivity contribution is 7.90. The molecule has 17 heavy (non-hydrogen) atoms. The topological polar surface area (TPSA) is 78.5 Å². The zero-order valence-corrected chi connectivity index (χ0v) is 10.7. The Balaban J connectivity index is 2.79. The van der Waals surface area contributed by atoms with Crippen molar-refractivity contribution >= 4 is 27.5 Å². The lowest BCUT2D eigenvalue weighted by atomic mass is 10.3. The summed E-state index contributed by atoms with van der Waals surface area (Å²) in [6.45, 7) is 1.41. The molecule has 0 saturated heterocycles. The van der Waals surface area contributed by atoms with Gasteiger partial charge in [0, 0.05) is 32.4 Å². The summed E-state index contributed by atoms with van der Waals surface area (Å²) < 4.78 is 26.5. The van der Waals surface area contributed by atoms with Crippen LogP contribution in [0, 0.1) is 0 Å². The van der Waals surface area contributed by atoms with E-state index in [1.165, 1.54) is 21.0 Å². The molecule has 0 aromatic heterocycles. The minimum absolute atomic E-state index is 0.174. The number of amides is 1. The van der Waals surface area contributed by atoms with Crippen LogP contribution in [-0.2, 0) is 15.0 Å². The lowest BCUT2D eigenvalue weighted by molar-refractivity contribution is -0.114. The van der Waals surface area contributed by atoms with Crippen molar-refractivity contribution < 1.29 is 13.2 Å². The van der Waals surface area contributed by atoms with Gasteiger partial charge in [-0.2, -0.15) is 12.7 Å². The number of nitrogens with zero attached hydrogens (tertiary/aromatic N) is 1. The molecule has 0 fully saturated rings. The van der Waals surface area contributed by atoms with Gasteiger partial charge in [-0.3, -0.25) is 9.52 Å². The summed E-state index contributed by atoms with van der Waals surface area (Å²) in [5, 5.41) is 2.59. The molecule has 1 amide bonds. The first-order valence-electron chi connectivity index (χ1n) is 4.89. The molecule has 0 heterocycles. The standard InChI is InChI=1S/C10H15N3O3S/c1-8(14)11-9-4-6-10(7-5-9)12-17(15,16)13(2)3/h4-7,12H,1-3H3,(H,11,14). The second-order valence-corrected chi connectivity index (χ2v) is 5.53. The van der Waals surface area contributed by atoms with Crippen molar-refractivity contribution in [2.24, 2.45) is 0 Å². The molecule has 0 aliphatic rings. The Morgan fingerprint density at radius 1 is 1.12 bits per heavy atom. The van der Waals surface area contributed by atoms with Crippen LogP contribution >= 0.6 is 0 Å². The third-order valence-electron chi connectivity index (χ3n) is 1.93. The van der Waals surface area contributed by atoms with E-state index in [2.05, 4.69) is 10.0 Å². The van der Waals surface area contributed by atoms with Gasteiger partial charge in [0.25, 0.3) is 0 Å². The maximum absolute atomic E-state index is 11.5. The van der Waals surface area contributed by atoms with E-state index in [0.717, 1.165) is 4.31 Å². The Kier molecular flexibility index (Phi) is 4.08. The van der Waals surface area contributed by atoms with Gasteiger partial charge in [-0.05, 0) is 24.3 Å². The number of rotatable bonds is 4. The molecule has 0 spiro atoms. The second-order valence-electron chi connectivity index (χ2n) is 3.65. The number of benzene rings is 1. The Morgan fingerprint density at radius 2 is 1.59 bits per heavy atom. The second kappa shape index (κ2) is 5.15. The van der Waals surface area contributed by atoms with Crippen LogP contribution in [0.15, 0.2) is 24.3 Å². The number of anilines is 2. The van der Waals surface area contributed by atoms with Crippen molar-refractivity contribution in [2.45, 2.75) is 6.92 Å². The number of carbonyl (C=O) groups excluding carboxylic acids is 1. The first-order valence-corrected chi connectivity index (χ1v) is 6.33. The number of carbonyl (C=O) groups is 1. The summed E-state index contributed by atoms with van der Waals surface area (Å²) in [6.07, 6.45) is 0. The van der Waals surface area contributed by atoms with Crippen molar-refractivity contribution in [3.05, 3.63) is 24.3 Å². The van der Waals surface area contributed by atoms with E-state index >= 15 is 0 Å². The van der Waals surface area contributed by atoms with Crippen LogP contribution in [0.1, 0.15) is 6.92 Å². The molecule has 7 heteroatoms. The van der Waals surface area contributed by atoms with Gasteiger partial charge in [-0.1, -0.05) is 0 Å². The molecule has 2 N–H and O–H groups in total. The highest BCUT2D eigenvalue weighted by atomic mass is 32.2. The van der Waals surface area contributed by atoms with Crippen molar-refractivity contribution in [1.82, 2.24) is 4.31 Å².